The van der Waals surface area contributed by atoms with Crippen LogP contribution in [0, 0.1) is 6.92 Å². The molecule has 1 fully saturated rings. The van der Waals surface area contributed by atoms with Gasteiger partial charge in [-0.15, -0.1) is 0 Å². The van der Waals surface area contributed by atoms with Gasteiger partial charge in [-0.2, -0.15) is 5.10 Å². The van der Waals surface area contributed by atoms with E-state index < -0.39 is 0 Å². The minimum atomic E-state index is -0.118. The van der Waals surface area contributed by atoms with Crippen LogP contribution in [0.15, 0.2) is 27.9 Å². The van der Waals surface area contributed by atoms with Crippen molar-refractivity contribution in [2.24, 2.45) is 5.10 Å². The molecule has 1 aromatic carbocycles. The highest BCUT2D eigenvalue weighted by molar-refractivity contribution is 9.10. The van der Waals surface area contributed by atoms with E-state index >= 15 is 0 Å². The maximum atomic E-state index is 12.3. The number of benzene rings is 1. The van der Waals surface area contributed by atoms with E-state index in [-0.39, 0.29) is 18.6 Å². The molecule has 3 rings (SSSR count). The molecule has 162 valence electrons. The van der Waals surface area contributed by atoms with Crippen LogP contribution in [0.1, 0.15) is 50.3 Å². The van der Waals surface area contributed by atoms with Crippen LogP contribution in [-0.2, 0) is 4.79 Å². The maximum Gasteiger partial charge on any atom is 0.258 e. The summed E-state index contributed by atoms with van der Waals surface area (Å²) in [4.78, 5) is 16.4. The van der Waals surface area contributed by atoms with Gasteiger partial charge in [0.1, 0.15) is 0 Å². The molecule has 1 aliphatic carbocycles. The van der Waals surface area contributed by atoms with Gasteiger partial charge in [0.15, 0.2) is 18.1 Å². The van der Waals surface area contributed by atoms with Crippen LogP contribution in [-0.4, -0.2) is 41.0 Å². The lowest BCUT2D eigenvalue weighted by molar-refractivity contribution is -0.124. The predicted octanol–water partition coefficient (Wildman–Crippen LogP) is 3.64. The van der Waals surface area contributed by atoms with Gasteiger partial charge in [-0.1, -0.05) is 19.3 Å². The Hall–Kier alpha value is -2.55. The summed E-state index contributed by atoms with van der Waals surface area (Å²) in [5.41, 5.74) is 7.39. The molecule has 3 N–H and O–H groups in total. The fourth-order valence-corrected chi connectivity index (χ4v) is 4.02. The normalized spacial score (nSPS) is 14.8. The molecule has 0 bridgehead atoms. The average molecular weight is 478 g/mol. The molecule has 0 aliphatic heterocycles. The van der Waals surface area contributed by atoms with Crippen molar-refractivity contribution in [3.8, 4) is 11.5 Å². The van der Waals surface area contributed by atoms with Crippen molar-refractivity contribution in [3.05, 3.63) is 34.1 Å². The summed E-state index contributed by atoms with van der Waals surface area (Å²) >= 11 is 3.52. The van der Waals surface area contributed by atoms with Gasteiger partial charge < -0.3 is 20.5 Å². The first-order valence-corrected chi connectivity index (χ1v) is 11.0. The Morgan fingerprint density at radius 3 is 2.80 bits per heavy atom. The number of ether oxygens (including phenoxy) is 2. The van der Waals surface area contributed by atoms with Crippen molar-refractivity contribution >= 4 is 34.0 Å². The minimum Gasteiger partial charge on any atom is -0.490 e. The zero-order valence-corrected chi connectivity index (χ0v) is 18.9. The van der Waals surface area contributed by atoms with Crippen molar-refractivity contribution in [1.82, 2.24) is 15.0 Å². The number of anilines is 1. The Bertz CT molecular complexity index is 906. The number of nitrogens with one attached hydrogen (secondary N) is 1. The fourth-order valence-electron chi connectivity index (χ4n) is 3.44. The lowest BCUT2D eigenvalue weighted by atomic mass is 9.95. The molecule has 8 nitrogen and oxygen atoms in total. The zero-order chi connectivity index (χ0) is 21.5. The molecule has 1 amide bonds. The van der Waals surface area contributed by atoms with Crippen molar-refractivity contribution in [3.63, 3.8) is 0 Å². The second-order valence-corrected chi connectivity index (χ2v) is 8.14. The van der Waals surface area contributed by atoms with Gasteiger partial charge in [0.25, 0.3) is 5.91 Å². The SMILES string of the molecule is CCOc1cc(C=Nn2cc(C)nc2N)cc(Br)c1OCC(=O)NC1CCCCC1. The number of rotatable bonds is 8. The number of nitrogen functional groups attached to an aromatic ring is 1. The van der Waals surface area contributed by atoms with Gasteiger partial charge in [0.05, 0.1) is 29.2 Å². The van der Waals surface area contributed by atoms with Crippen LogP contribution >= 0.6 is 15.9 Å². The molecule has 2 aromatic rings. The average Bonchev–Trinajstić information content (AvgIpc) is 3.03. The summed E-state index contributed by atoms with van der Waals surface area (Å²) in [6.07, 6.45) is 9.05. The Balaban J connectivity index is 1.69. The van der Waals surface area contributed by atoms with Gasteiger partial charge in [-0.05, 0) is 60.3 Å². The number of carbonyl (C=O) groups is 1. The van der Waals surface area contributed by atoms with E-state index in [9.17, 15) is 4.79 Å². The van der Waals surface area contributed by atoms with E-state index in [1.54, 1.807) is 12.4 Å². The van der Waals surface area contributed by atoms with Crippen molar-refractivity contribution < 1.29 is 14.3 Å². The standard InChI is InChI=1S/C21H28BrN5O3/c1-3-29-18-10-15(11-24-27-12-14(2)25-21(27)23)9-17(22)20(18)30-13-19(28)26-16-7-5-4-6-8-16/h9-12,16H,3-8,13H2,1-2H3,(H2,23,25)(H,26,28). The summed E-state index contributed by atoms with van der Waals surface area (Å²) in [6.45, 7) is 4.14. The number of aromatic nitrogens is 2. The van der Waals surface area contributed by atoms with Gasteiger partial charge >= 0.3 is 0 Å². The van der Waals surface area contributed by atoms with E-state index in [2.05, 4.69) is 31.3 Å². The van der Waals surface area contributed by atoms with E-state index in [0.717, 1.165) is 24.1 Å². The van der Waals surface area contributed by atoms with Gasteiger partial charge in [-0.25, -0.2) is 9.66 Å². The third kappa shape index (κ3) is 5.98. The van der Waals surface area contributed by atoms with Crippen LogP contribution in [0.4, 0.5) is 5.95 Å². The highest BCUT2D eigenvalue weighted by Gasteiger charge is 2.18. The molecule has 0 unspecified atom stereocenters. The molecule has 1 aliphatic rings. The van der Waals surface area contributed by atoms with E-state index in [4.69, 9.17) is 15.2 Å². The lowest BCUT2D eigenvalue weighted by Crippen LogP contribution is -2.39. The zero-order valence-electron chi connectivity index (χ0n) is 17.4. The van der Waals surface area contributed by atoms with Crippen molar-refractivity contribution in [1.29, 1.82) is 0 Å². The second-order valence-electron chi connectivity index (χ2n) is 7.28. The number of aryl methyl sites for hydroxylation is 1. The minimum absolute atomic E-state index is 0.0620. The molecular formula is C21H28BrN5O3. The van der Waals surface area contributed by atoms with Gasteiger partial charge in [0.2, 0.25) is 5.95 Å². The smallest absolute Gasteiger partial charge is 0.258 e. The monoisotopic (exact) mass is 477 g/mol. The molecular weight excluding hydrogens is 450 g/mol. The highest BCUT2D eigenvalue weighted by atomic mass is 79.9. The van der Waals surface area contributed by atoms with E-state index in [1.807, 2.05) is 26.0 Å². The molecule has 0 saturated heterocycles. The second kappa shape index (κ2) is 10.5. The van der Waals surface area contributed by atoms with Crippen LogP contribution in [0.25, 0.3) is 0 Å². The quantitative estimate of drug-likeness (QED) is 0.564. The fraction of sp³-hybridized carbons (Fsp3) is 0.476. The Labute approximate surface area is 185 Å². The number of nitrogens with two attached hydrogens (primary N) is 1. The molecule has 30 heavy (non-hydrogen) atoms. The topological polar surface area (TPSA) is 104 Å². The largest absolute Gasteiger partial charge is 0.490 e. The number of hydrogen-bond donors (Lipinski definition) is 2. The first-order valence-electron chi connectivity index (χ1n) is 10.2. The molecule has 1 saturated carbocycles. The third-order valence-electron chi connectivity index (χ3n) is 4.82. The molecule has 1 heterocycles. The molecule has 0 spiro atoms. The summed E-state index contributed by atoms with van der Waals surface area (Å²) in [7, 11) is 0. The Morgan fingerprint density at radius 1 is 1.37 bits per heavy atom. The van der Waals surface area contributed by atoms with E-state index in [0.29, 0.717) is 28.5 Å². The summed E-state index contributed by atoms with van der Waals surface area (Å²) in [5, 5.41) is 7.39. The molecule has 0 radical (unpaired) electrons. The van der Waals surface area contributed by atoms with E-state index in [1.165, 1.54) is 23.9 Å². The number of carbonyl (C=O) groups excluding carboxylic acids is 1. The third-order valence-corrected chi connectivity index (χ3v) is 5.40. The number of nitrogens with zero attached hydrogens (tertiary/aromatic N) is 3. The van der Waals surface area contributed by atoms with Gasteiger partial charge in [0, 0.05) is 6.04 Å². The molecule has 9 heteroatoms. The molecule has 0 atom stereocenters. The number of imidazole rings is 1. The Kier molecular flexibility index (Phi) is 7.73. The van der Waals surface area contributed by atoms with Crippen LogP contribution < -0.4 is 20.5 Å². The molecule has 1 aromatic heterocycles. The first-order chi connectivity index (χ1) is 14.5. The van der Waals surface area contributed by atoms with Crippen molar-refractivity contribution in [2.45, 2.75) is 52.0 Å². The summed E-state index contributed by atoms with van der Waals surface area (Å²) in [6, 6.07) is 3.91. The predicted molar refractivity (Wildman–Crippen MR) is 120 cm³/mol. The number of halogens is 1. The maximum absolute atomic E-state index is 12.3. The lowest BCUT2D eigenvalue weighted by Gasteiger charge is -2.23. The van der Waals surface area contributed by atoms with Crippen LogP contribution in [0.5, 0.6) is 11.5 Å². The highest BCUT2D eigenvalue weighted by Crippen LogP contribution is 2.36. The summed E-state index contributed by atoms with van der Waals surface area (Å²) in [5.74, 6) is 1.23. The van der Waals surface area contributed by atoms with Crippen molar-refractivity contribution in [2.75, 3.05) is 18.9 Å². The summed E-state index contributed by atoms with van der Waals surface area (Å²) < 4.78 is 13.7. The van der Waals surface area contributed by atoms with Gasteiger partial charge in [-0.3, -0.25) is 4.79 Å². The Morgan fingerprint density at radius 2 is 2.13 bits per heavy atom. The number of amides is 1. The first kappa shape index (κ1) is 22.1. The van der Waals surface area contributed by atoms with Crippen LogP contribution in [0.3, 0.4) is 0 Å². The number of hydrogen-bond acceptors (Lipinski definition) is 6. The van der Waals surface area contributed by atoms with Crippen LogP contribution in [0.2, 0.25) is 0 Å².